The summed E-state index contributed by atoms with van der Waals surface area (Å²) in [6.45, 7) is 4.15. The van der Waals surface area contributed by atoms with Crippen LogP contribution < -0.4 is 10.6 Å². The Bertz CT molecular complexity index is 810. The van der Waals surface area contributed by atoms with E-state index in [-0.39, 0.29) is 17.5 Å². The van der Waals surface area contributed by atoms with Gasteiger partial charge in [0.1, 0.15) is 12.3 Å². The van der Waals surface area contributed by atoms with Crippen LogP contribution in [0.5, 0.6) is 0 Å². The van der Waals surface area contributed by atoms with Crippen LogP contribution >= 0.6 is 23.2 Å². The number of amides is 3. The fourth-order valence-corrected chi connectivity index (χ4v) is 2.91. The van der Waals surface area contributed by atoms with E-state index >= 15 is 0 Å². The number of benzene rings is 1. The first-order valence-electron chi connectivity index (χ1n) is 9.13. The maximum absolute atomic E-state index is 12.7. The molecule has 0 radical (unpaired) electrons. The summed E-state index contributed by atoms with van der Waals surface area (Å²) in [5.41, 5.74) is 0.394. The predicted molar refractivity (Wildman–Crippen MR) is 111 cm³/mol. The van der Waals surface area contributed by atoms with E-state index in [9.17, 15) is 9.59 Å². The monoisotopic (exact) mass is 426 g/mol. The normalized spacial score (nSPS) is 10.6. The van der Waals surface area contributed by atoms with Gasteiger partial charge in [0.15, 0.2) is 5.82 Å². The van der Waals surface area contributed by atoms with Gasteiger partial charge >= 0.3 is 6.03 Å². The minimum absolute atomic E-state index is 0.123. The second-order valence-corrected chi connectivity index (χ2v) is 7.17. The minimum atomic E-state index is -0.424. The average Bonchev–Trinajstić information content (AvgIpc) is 3.06. The van der Waals surface area contributed by atoms with E-state index in [0.717, 1.165) is 25.7 Å². The fraction of sp³-hybridized carbons (Fsp3) is 0.421. The van der Waals surface area contributed by atoms with Crippen molar-refractivity contribution >= 4 is 46.6 Å². The van der Waals surface area contributed by atoms with Crippen LogP contribution in [0.1, 0.15) is 38.4 Å². The highest BCUT2D eigenvalue weighted by Gasteiger charge is 2.19. The number of nitrogens with one attached hydrogen (secondary N) is 2. The van der Waals surface area contributed by atoms with E-state index in [1.165, 1.54) is 4.90 Å². The lowest BCUT2D eigenvalue weighted by Crippen LogP contribution is -2.41. The Hall–Kier alpha value is -2.25. The molecule has 28 heavy (non-hydrogen) atoms. The lowest BCUT2D eigenvalue weighted by atomic mass is 10.2. The SMILES string of the molecule is CCCCCCN(CC(=O)Nc1cc(C)on1)C(=O)Nc1cccc(Cl)c1Cl. The molecule has 0 fully saturated rings. The number of halogens is 2. The molecule has 0 unspecified atom stereocenters. The number of hydrogen-bond donors (Lipinski definition) is 2. The van der Waals surface area contributed by atoms with Crippen LogP contribution in [0.4, 0.5) is 16.3 Å². The van der Waals surface area contributed by atoms with Crippen molar-refractivity contribution in [3.63, 3.8) is 0 Å². The highest BCUT2D eigenvalue weighted by molar-refractivity contribution is 6.43. The van der Waals surface area contributed by atoms with Gasteiger partial charge in [0, 0.05) is 12.6 Å². The van der Waals surface area contributed by atoms with Crippen LogP contribution in [0.3, 0.4) is 0 Å². The van der Waals surface area contributed by atoms with E-state index in [4.69, 9.17) is 27.7 Å². The van der Waals surface area contributed by atoms with Crippen LogP contribution in [-0.2, 0) is 4.79 Å². The lowest BCUT2D eigenvalue weighted by Gasteiger charge is -2.23. The maximum Gasteiger partial charge on any atom is 0.322 e. The first-order valence-corrected chi connectivity index (χ1v) is 9.89. The quantitative estimate of drug-likeness (QED) is 0.529. The van der Waals surface area contributed by atoms with Gasteiger partial charge in [-0.05, 0) is 25.5 Å². The van der Waals surface area contributed by atoms with Gasteiger partial charge in [-0.1, -0.05) is 60.6 Å². The number of carbonyl (C=O) groups excluding carboxylic acids is 2. The first-order chi connectivity index (χ1) is 13.4. The van der Waals surface area contributed by atoms with Crippen LogP contribution in [0.25, 0.3) is 0 Å². The van der Waals surface area contributed by atoms with Crippen molar-refractivity contribution in [2.45, 2.75) is 39.5 Å². The molecule has 0 aliphatic rings. The third-order valence-corrected chi connectivity index (χ3v) is 4.81. The summed E-state index contributed by atoms with van der Waals surface area (Å²) in [5, 5.41) is 9.66. The van der Waals surface area contributed by atoms with Gasteiger partial charge in [-0.15, -0.1) is 0 Å². The molecule has 7 nitrogen and oxygen atoms in total. The molecule has 1 aromatic carbocycles. The molecule has 1 heterocycles. The molecule has 9 heteroatoms. The summed E-state index contributed by atoms with van der Waals surface area (Å²) in [7, 11) is 0. The number of urea groups is 1. The summed E-state index contributed by atoms with van der Waals surface area (Å²) in [6.07, 6.45) is 3.92. The first kappa shape index (κ1) is 22.0. The molecular formula is C19H24Cl2N4O3. The fourth-order valence-electron chi connectivity index (χ4n) is 2.56. The zero-order valence-corrected chi connectivity index (χ0v) is 17.4. The van der Waals surface area contributed by atoms with Gasteiger partial charge in [0.2, 0.25) is 5.91 Å². The molecule has 0 aliphatic carbocycles. The summed E-state index contributed by atoms with van der Waals surface area (Å²) in [5.74, 6) is 0.530. The number of anilines is 2. The van der Waals surface area contributed by atoms with Gasteiger partial charge in [0.25, 0.3) is 0 Å². The molecule has 152 valence electrons. The summed E-state index contributed by atoms with van der Waals surface area (Å²) in [4.78, 5) is 26.5. The zero-order valence-electron chi connectivity index (χ0n) is 15.9. The maximum atomic E-state index is 12.7. The Kier molecular flexibility index (Phi) is 8.60. The number of rotatable bonds is 9. The Morgan fingerprint density at radius 3 is 2.64 bits per heavy atom. The van der Waals surface area contributed by atoms with Gasteiger partial charge in [-0.3, -0.25) is 4.79 Å². The smallest absolute Gasteiger partial charge is 0.322 e. The molecular weight excluding hydrogens is 403 g/mol. The summed E-state index contributed by atoms with van der Waals surface area (Å²) < 4.78 is 4.93. The largest absolute Gasteiger partial charge is 0.360 e. The number of hydrogen-bond acceptors (Lipinski definition) is 4. The van der Waals surface area contributed by atoms with E-state index in [2.05, 4.69) is 22.7 Å². The second-order valence-electron chi connectivity index (χ2n) is 6.38. The van der Waals surface area contributed by atoms with Crippen LogP contribution in [0.2, 0.25) is 10.0 Å². The molecule has 0 bridgehead atoms. The van der Waals surface area contributed by atoms with Crippen molar-refractivity contribution in [3.05, 3.63) is 40.1 Å². The number of carbonyl (C=O) groups is 2. The molecule has 0 saturated carbocycles. The Morgan fingerprint density at radius 2 is 1.96 bits per heavy atom. The number of nitrogens with zero attached hydrogens (tertiary/aromatic N) is 2. The van der Waals surface area contributed by atoms with Gasteiger partial charge < -0.3 is 20.1 Å². The highest BCUT2D eigenvalue weighted by atomic mass is 35.5. The van der Waals surface area contributed by atoms with Crippen molar-refractivity contribution < 1.29 is 14.1 Å². The molecule has 2 rings (SSSR count). The summed E-state index contributed by atoms with van der Waals surface area (Å²) >= 11 is 12.1. The standard InChI is InChI=1S/C19H24Cl2N4O3/c1-3-4-5-6-10-25(12-17(26)23-16-11-13(2)28-24-16)19(27)22-15-9-7-8-14(20)18(15)21/h7-9,11H,3-6,10,12H2,1-2H3,(H,22,27)(H,23,24,26). The average molecular weight is 427 g/mol. The van der Waals surface area contributed by atoms with Crippen molar-refractivity contribution in [3.8, 4) is 0 Å². The molecule has 0 atom stereocenters. The Balaban J connectivity index is 2.03. The third-order valence-electron chi connectivity index (χ3n) is 3.99. The van der Waals surface area contributed by atoms with Crippen LogP contribution in [0, 0.1) is 6.92 Å². The van der Waals surface area contributed by atoms with E-state index in [1.54, 1.807) is 31.2 Å². The third kappa shape index (κ3) is 6.73. The van der Waals surface area contributed by atoms with Crippen molar-refractivity contribution in [1.29, 1.82) is 0 Å². The molecule has 0 saturated heterocycles. The minimum Gasteiger partial charge on any atom is -0.360 e. The number of aromatic nitrogens is 1. The second kappa shape index (κ2) is 10.9. The Morgan fingerprint density at radius 1 is 1.18 bits per heavy atom. The molecule has 0 aliphatic heterocycles. The molecule has 2 N–H and O–H groups in total. The van der Waals surface area contributed by atoms with Crippen molar-refractivity contribution in [2.75, 3.05) is 23.7 Å². The highest BCUT2D eigenvalue weighted by Crippen LogP contribution is 2.29. The van der Waals surface area contributed by atoms with E-state index < -0.39 is 6.03 Å². The number of unbranched alkanes of at least 4 members (excludes halogenated alkanes) is 3. The van der Waals surface area contributed by atoms with Crippen molar-refractivity contribution in [2.24, 2.45) is 0 Å². The topological polar surface area (TPSA) is 87.5 Å². The van der Waals surface area contributed by atoms with E-state index in [1.807, 2.05) is 0 Å². The molecule has 3 amide bonds. The molecule has 2 aromatic rings. The number of aryl methyl sites for hydroxylation is 1. The van der Waals surface area contributed by atoms with Gasteiger partial charge in [0.05, 0.1) is 15.7 Å². The molecule has 1 aromatic heterocycles. The van der Waals surface area contributed by atoms with Crippen LogP contribution in [0.15, 0.2) is 28.8 Å². The predicted octanol–water partition coefficient (Wildman–Crippen LogP) is 5.34. The Labute approximate surface area is 174 Å². The van der Waals surface area contributed by atoms with Gasteiger partial charge in [-0.2, -0.15) is 0 Å². The molecule has 0 spiro atoms. The van der Waals surface area contributed by atoms with Crippen LogP contribution in [-0.4, -0.2) is 35.1 Å². The zero-order chi connectivity index (χ0) is 20.5. The lowest BCUT2D eigenvalue weighted by molar-refractivity contribution is -0.116. The van der Waals surface area contributed by atoms with E-state index in [0.29, 0.717) is 28.8 Å². The van der Waals surface area contributed by atoms with Crippen molar-refractivity contribution in [1.82, 2.24) is 10.1 Å². The summed E-state index contributed by atoms with van der Waals surface area (Å²) in [6, 6.07) is 6.16. The van der Waals surface area contributed by atoms with Gasteiger partial charge in [-0.25, -0.2) is 4.79 Å².